The molecule has 0 heterocycles. The lowest BCUT2D eigenvalue weighted by Gasteiger charge is -1.98. The summed E-state index contributed by atoms with van der Waals surface area (Å²) in [5, 5.41) is 17.0. The smallest absolute Gasteiger partial charge is 0.316 e. The lowest BCUT2D eigenvalue weighted by Crippen LogP contribution is -1.83. The molecule has 0 fully saturated rings. The largest absolute Gasteiger partial charge is 0.396 e. The van der Waals surface area contributed by atoms with E-state index in [1.807, 2.05) is 0 Å². The molecule has 2 nitrogen and oxygen atoms in total. The summed E-state index contributed by atoms with van der Waals surface area (Å²) < 4.78 is 0. The number of hydrogen-bond donors (Lipinski definition) is 2. The highest BCUT2D eigenvalue weighted by Gasteiger charge is 1.90. The molecule has 0 aliphatic rings. The van der Waals surface area contributed by atoms with Crippen LogP contribution in [0.25, 0.3) is 0 Å². The Labute approximate surface area is 163 Å². The second-order valence-corrected chi connectivity index (χ2v) is 6.40. The number of hydrogen-bond acceptors (Lipinski definition) is 2. The van der Waals surface area contributed by atoms with Crippen LogP contribution in [0.1, 0.15) is 117 Å². The fraction of sp³-hybridized carbons (Fsp3) is 1.00. The van der Waals surface area contributed by atoms with Gasteiger partial charge in [-0.15, -0.1) is 0 Å². The van der Waals surface area contributed by atoms with Gasteiger partial charge in [0.05, 0.1) is 0 Å². The maximum absolute atomic E-state index is 8.51. The van der Waals surface area contributed by atoms with Crippen molar-refractivity contribution in [1.29, 1.82) is 0 Å². The highest BCUT2D eigenvalue weighted by molar-refractivity contribution is 5.75. The lowest BCUT2D eigenvalue weighted by atomic mass is 10.1. The van der Waals surface area contributed by atoms with Gasteiger partial charge in [0.2, 0.25) is 0 Å². The molecule has 3 heteroatoms. The molecule has 2 N–H and O–H groups in total. The second kappa shape index (κ2) is 30.6. The van der Waals surface area contributed by atoms with Crippen molar-refractivity contribution in [1.82, 2.24) is 0 Å². The maximum Gasteiger partial charge on any atom is 0.316 e. The summed E-state index contributed by atoms with van der Waals surface area (Å²) in [4.78, 5) is 0. The van der Waals surface area contributed by atoms with Gasteiger partial charge >= 0.3 is 23.1 Å². The monoisotopic (exact) mass is 342 g/mol. The summed E-state index contributed by atoms with van der Waals surface area (Å²) in [6, 6.07) is 0. The summed E-state index contributed by atoms with van der Waals surface area (Å²) in [5.74, 6) is 0. The van der Waals surface area contributed by atoms with Gasteiger partial charge in [0.15, 0.2) is 0 Å². The van der Waals surface area contributed by atoms with E-state index in [1.54, 1.807) is 0 Å². The molecular weight excluding hydrogens is 297 g/mol. The van der Waals surface area contributed by atoms with E-state index in [0.29, 0.717) is 13.2 Å². The van der Waals surface area contributed by atoms with Gasteiger partial charge in [0.1, 0.15) is 0 Å². The van der Waals surface area contributed by atoms with E-state index in [0.717, 1.165) is 12.8 Å². The van der Waals surface area contributed by atoms with E-state index < -0.39 is 0 Å². The van der Waals surface area contributed by atoms with Crippen LogP contribution in [0.2, 0.25) is 0 Å². The van der Waals surface area contributed by atoms with Gasteiger partial charge in [0.25, 0.3) is 0 Å². The van der Waals surface area contributed by atoms with E-state index in [9.17, 15) is 0 Å². The number of aliphatic hydroxyl groups excluding tert-OH is 2. The standard InChI is InChI=1S/2C10H22O.Mg.2H/c2*1-2-3-4-5-6-7-8-9-10-11;;;/h2*11H,2-10H2,1H3;;;. The molecule has 0 unspecified atom stereocenters. The van der Waals surface area contributed by atoms with Gasteiger partial charge in [0, 0.05) is 13.2 Å². The minimum absolute atomic E-state index is 0. The predicted octanol–water partition coefficient (Wildman–Crippen LogP) is 5.32. The van der Waals surface area contributed by atoms with Crippen LogP contribution in [0.5, 0.6) is 0 Å². The molecule has 0 aromatic rings. The van der Waals surface area contributed by atoms with Crippen LogP contribution in [0.4, 0.5) is 0 Å². The van der Waals surface area contributed by atoms with Crippen LogP contribution in [0, 0.1) is 0 Å². The van der Waals surface area contributed by atoms with E-state index in [2.05, 4.69) is 13.8 Å². The van der Waals surface area contributed by atoms with Gasteiger partial charge in [-0.05, 0) is 12.8 Å². The molecule has 0 spiro atoms. The third-order valence-electron chi connectivity index (χ3n) is 4.02. The van der Waals surface area contributed by atoms with Crippen molar-refractivity contribution >= 4 is 23.1 Å². The summed E-state index contributed by atoms with van der Waals surface area (Å²) in [5.41, 5.74) is 0. The first kappa shape index (κ1) is 28.5. The van der Waals surface area contributed by atoms with E-state index in [4.69, 9.17) is 10.2 Å². The molecule has 0 aromatic heterocycles. The molecule has 23 heavy (non-hydrogen) atoms. The van der Waals surface area contributed by atoms with Crippen LogP contribution >= 0.6 is 0 Å². The van der Waals surface area contributed by atoms with Crippen LogP contribution in [-0.4, -0.2) is 46.5 Å². The Bertz CT molecular complexity index is 132. The molecular formula is C20H46MgO2. The zero-order valence-electron chi connectivity index (χ0n) is 15.6. The first-order valence-corrected chi connectivity index (χ1v) is 10.0. The van der Waals surface area contributed by atoms with Crippen molar-refractivity contribution in [3.63, 3.8) is 0 Å². The summed E-state index contributed by atoms with van der Waals surface area (Å²) in [6.07, 6.45) is 20.8. The fourth-order valence-electron chi connectivity index (χ4n) is 2.49. The average molecular weight is 343 g/mol. The van der Waals surface area contributed by atoms with Crippen LogP contribution in [0.15, 0.2) is 0 Å². The van der Waals surface area contributed by atoms with Gasteiger partial charge in [-0.3, -0.25) is 0 Å². The highest BCUT2D eigenvalue weighted by atomic mass is 24.3. The molecule has 0 saturated carbocycles. The Morgan fingerprint density at radius 2 is 0.609 bits per heavy atom. The Morgan fingerprint density at radius 1 is 0.391 bits per heavy atom. The van der Waals surface area contributed by atoms with Gasteiger partial charge in [-0.2, -0.15) is 0 Å². The van der Waals surface area contributed by atoms with Crippen molar-refractivity contribution in [2.75, 3.05) is 13.2 Å². The topological polar surface area (TPSA) is 40.5 Å². The van der Waals surface area contributed by atoms with Crippen molar-refractivity contribution in [3.05, 3.63) is 0 Å². The Hall–Kier alpha value is 0.686. The second-order valence-electron chi connectivity index (χ2n) is 6.40. The summed E-state index contributed by atoms with van der Waals surface area (Å²) >= 11 is 0. The van der Waals surface area contributed by atoms with E-state index in [-0.39, 0.29) is 23.1 Å². The van der Waals surface area contributed by atoms with Crippen molar-refractivity contribution < 1.29 is 10.2 Å². The summed E-state index contributed by atoms with van der Waals surface area (Å²) in [7, 11) is 0. The molecule has 0 amide bonds. The normalized spacial score (nSPS) is 9.91. The molecule has 0 atom stereocenters. The van der Waals surface area contributed by atoms with Crippen molar-refractivity contribution in [3.8, 4) is 0 Å². The minimum atomic E-state index is 0. The van der Waals surface area contributed by atoms with E-state index >= 15 is 0 Å². The van der Waals surface area contributed by atoms with Crippen LogP contribution in [0.3, 0.4) is 0 Å². The molecule has 0 aromatic carbocycles. The van der Waals surface area contributed by atoms with Crippen LogP contribution < -0.4 is 0 Å². The quantitative estimate of drug-likeness (QED) is 0.294. The molecule has 0 bridgehead atoms. The molecule has 0 aliphatic heterocycles. The van der Waals surface area contributed by atoms with Crippen LogP contribution in [-0.2, 0) is 0 Å². The van der Waals surface area contributed by atoms with Gasteiger partial charge < -0.3 is 10.2 Å². The number of rotatable bonds is 16. The third kappa shape index (κ3) is 34.9. The molecule has 0 saturated heterocycles. The zero-order valence-corrected chi connectivity index (χ0v) is 15.6. The van der Waals surface area contributed by atoms with E-state index in [1.165, 1.54) is 89.9 Å². The molecule has 0 radical (unpaired) electrons. The molecule has 140 valence electrons. The zero-order chi connectivity index (χ0) is 16.7. The number of unbranched alkanes of at least 4 members (excludes halogenated alkanes) is 14. The Morgan fingerprint density at radius 3 is 0.826 bits per heavy atom. The minimum Gasteiger partial charge on any atom is -0.396 e. The summed E-state index contributed by atoms with van der Waals surface area (Å²) in [6.45, 7) is 5.22. The lowest BCUT2D eigenvalue weighted by molar-refractivity contribution is 0.282. The van der Waals surface area contributed by atoms with Crippen molar-refractivity contribution in [2.45, 2.75) is 117 Å². The Kier molecular flexibility index (Phi) is 37.8. The van der Waals surface area contributed by atoms with Gasteiger partial charge in [-0.1, -0.05) is 104 Å². The first-order chi connectivity index (χ1) is 10.8. The molecule has 0 aliphatic carbocycles. The number of aliphatic hydroxyl groups is 2. The molecule has 0 rings (SSSR count). The maximum atomic E-state index is 8.51. The predicted molar refractivity (Wildman–Crippen MR) is 108 cm³/mol. The first-order valence-electron chi connectivity index (χ1n) is 10.0. The fourth-order valence-corrected chi connectivity index (χ4v) is 2.49. The third-order valence-corrected chi connectivity index (χ3v) is 4.02. The SMILES string of the molecule is CCCCCCCCCCO.CCCCCCCCCCO.[MgH2]. The Balaban J connectivity index is -0.000000333. The van der Waals surface area contributed by atoms with Crippen molar-refractivity contribution in [2.24, 2.45) is 0 Å². The van der Waals surface area contributed by atoms with Gasteiger partial charge in [-0.25, -0.2) is 0 Å². The highest BCUT2D eigenvalue weighted by Crippen LogP contribution is 2.08. The average Bonchev–Trinajstić information content (AvgIpc) is 2.54.